The highest BCUT2D eigenvalue weighted by molar-refractivity contribution is 6.08. The molecule has 0 amide bonds. The van der Waals surface area contributed by atoms with Crippen molar-refractivity contribution >= 4 is 16.9 Å². The van der Waals surface area contributed by atoms with Crippen LogP contribution in [0.2, 0.25) is 0 Å². The van der Waals surface area contributed by atoms with Crippen LogP contribution in [-0.2, 0) is 42.4 Å². The van der Waals surface area contributed by atoms with E-state index < -0.39 is 23.2 Å². The normalized spacial score (nSPS) is 14.7. The molecule has 6 nitrogen and oxygen atoms in total. The number of hydrogen-bond acceptors (Lipinski definition) is 4. The summed E-state index contributed by atoms with van der Waals surface area (Å²) in [5.74, 6) is -0.420. The van der Waals surface area contributed by atoms with Crippen molar-refractivity contribution in [2.75, 3.05) is 7.11 Å². The maximum atomic E-state index is 13.4. The molecule has 5 aromatic rings. The summed E-state index contributed by atoms with van der Waals surface area (Å²) in [5.41, 5.74) is 8.73. The molecule has 0 fully saturated rings. The van der Waals surface area contributed by atoms with Gasteiger partial charge >= 0.3 is 12.1 Å². The van der Waals surface area contributed by atoms with Crippen LogP contribution in [0.15, 0.2) is 60.8 Å². The standard InChI is InChI=1S/C36H37F3N4O2/c1-7-22-10-9-11-23(8-2)31(22)43-32(27-14-15-28(34(44)45-6)30-26(27)16-17-40-30)29-20-42(35(4,5)33(29)41-43)19-24-12-13-25(18-21(24)3)36(37,38)39/h9-18,40H,7-8,19-20H2,1-6H3. The number of alkyl halides is 3. The van der Waals surface area contributed by atoms with Gasteiger partial charge in [-0.05, 0) is 80.1 Å². The lowest BCUT2D eigenvalue weighted by Crippen LogP contribution is -2.36. The average molecular weight is 615 g/mol. The Morgan fingerprint density at radius 3 is 2.36 bits per heavy atom. The molecule has 45 heavy (non-hydrogen) atoms. The summed E-state index contributed by atoms with van der Waals surface area (Å²) in [4.78, 5) is 18.2. The maximum Gasteiger partial charge on any atom is 0.416 e. The molecule has 9 heteroatoms. The number of fused-ring (bicyclic) bond motifs is 2. The van der Waals surface area contributed by atoms with Crippen LogP contribution in [0.25, 0.3) is 27.8 Å². The number of para-hydroxylation sites is 1. The third-order valence-corrected chi connectivity index (χ3v) is 9.29. The second-order valence-electron chi connectivity index (χ2n) is 12.2. The van der Waals surface area contributed by atoms with Gasteiger partial charge in [0.15, 0.2) is 0 Å². The number of nitrogens with zero attached hydrogens (tertiary/aromatic N) is 3. The number of nitrogens with one attached hydrogen (secondary N) is 1. The Kier molecular flexibility index (Phi) is 7.64. The molecule has 0 unspecified atom stereocenters. The van der Waals surface area contributed by atoms with E-state index in [4.69, 9.17) is 9.84 Å². The number of aromatic amines is 1. The monoisotopic (exact) mass is 614 g/mol. The maximum absolute atomic E-state index is 13.4. The van der Waals surface area contributed by atoms with Gasteiger partial charge in [-0.15, -0.1) is 0 Å². The molecule has 0 spiro atoms. The van der Waals surface area contributed by atoms with Crippen molar-refractivity contribution in [2.24, 2.45) is 0 Å². The number of H-pyrrole nitrogens is 1. The highest BCUT2D eigenvalue weighted by Gasteiger charge is 2.43. The number of rotatable bonds is 7. The minimum atomic E-state index is -4.38. The van der Waals surface area contributed by atoms with Crippen LogP contribution in [0.3, 0.4) is 0 Å². The molecular weight excluding hydrogens is 577 g/mol. The minimum absolute atomic E-state index is 0.420. The molecule has 6 rings (SSSR count). The Labute approximate surface area is 260 Å². The minimum Gasteiger partial charge on any atom is -0.465 e. The van der Waals surface area contributed by atoms with E-state index in [0.29, 0.717) is 29.7 Å². The molecule has 1 N–H and O–H groups in total. The zero-order chi connectivity index (χ0) is 32.3. The molecule has 0 aliphatic carbocycles. The lowest BCUT2D eigenvalue weighted by molar-refractivity contribution is -0.137. The summed E-state index contributed by atoms with van der Waals surface area (Å²) in [6, 6.07) is 16.1. The Morgan fingerprint density at radius 1 is 1.02 bits per heavy atom. The number of halogens is 3. The fraction of sp³-hybridized carbons (Fsp3) is 0.333. The Morgan fingerprint density at radius 2 is 1.73 bits per heavy atom. The quantitative estimate of drug-likeness (QED) is 0.187. The zero-order valence-corrected chi connectivity index (χ0v) is 26.4. The molecular formula is C36H37F3N4O2. The first kappa shape index (κ1) is 30.6. The van der Waals surface area contributed by atoms with Gasteiger partial charge in [0, 0.05) is 35.8 Å². The Balaban J connectivity index is 1.55. The molecule has 3 aromatic carbocycles. The van der Waals surface area contributed by atoms with Crippen molar-refractivity contribution in [1.29, 1.82) is 0 Å². The lowest BCUT2D eigenvalue weighted by atomic mass is 9.96. The van der Waals surface area contributed by atoms with Gasteiger partial charge in [-0.25, -0.2) is 9.48 Å². The third-order valence-electron chi connectivity index (χ3n) is 9.29. The van der Waals surface area contributed by atoms with Crippen molar-refractivity contribution in [3.05, 3.63) is 105 Å². The average Bonchev–Trinajstić information content (AvgIpc) is 3.71. The van der Waals surface area contributed by atoms with E-state index in [-0.39, 0.29) is 0 Å². The molecule has 0 atom stereocenters. The van der Waals surface area contributed by atoms with E-state index in [1.54, 1.807) is 19.1 Å². The number of hydrogen-bond donors (Lipinski definition) is 1. The largest absolute Gasteiger partial charge is 0.465 e. The Bertz CT molecular complexity index is 1910. The first-order chi connectivity index (χ1) is 21.4. The van der Waals surface area contributed by atoms with E-state index in [1.165, 1.54) is 24.3 Å². The van der Waals surface area contributed by atoms with Crippen LogP contribution in [0, 0.1) is 6.92 Å². The summed E-state index contributed by atoms with van der Waals surface area (Å²) in [6.45, 7) is 11.3. The second kappa shape index (κ2) is 11.2. The smallest absolute Gasteiger partial charge is 0.416 e. The van der Waals surface area contributed by atoms with Crippen LogP contribution in [0.4, 0.5) is 13.2 Å². The number of esters is 1. The van der Waals surface area contributed by atoms with Crippen LogP contribution >= 0.6 is 0 Å². The third kappa shape index (κ3) is 5.03. The predicted molar refractivity (Wildman–Crippen MR) is 169 cm³/mol. The Hall–Kier alpha value is -4.37. The van der Waals surface area contributed by atoms with E-state index >= 15 is 0 Å². The van der Waals surface area contributed by atoms with Crippen LogP contribution < -0.4 is 0 Å². The van der Waals surface area contributed by atoms with Gasteiger partial charge < -0.3 is 9.72 Å². The number of aromatic nitrogens is 3. The number of aryl methyl sites for hydroxylation is 3. The number of carbonyl (C=O) groups is 1. The fourth-order valence-electron chi connectivity index (χ4n) is 6.71. The molecule has 234 valence electrons. The number of methoxy groups -OCH3 is 1. The van der Waals surface area contributed by atoms with Crippen molar-refractivity contribution in [3.63, 3.8) is 0 Å². The molecule has 3 heterocycles. The lowest BCUT2D eigenvalue weighted by Gasteiger charge is -2.32. The summed E-state index contributed by atoms with van der Waals surface area (Å²) >= 11 is 0. The topological polar surface area (TPSA) is 63.2 Å². The van der Waals surface area contributed by atoms with Gasteiger partial charge in [0.05, 0.1) is 46.4 Å². The van der Waals surface area contributed by atoms with Crippen molar-refractivity contribution < 1.29 is 22.7 Å². The van der Waals surface area contributed by atoms with Gasteiger partial charge in [0.1, 0.15) is 0 Å². The molecule has 0 bridgehead atoms. The van der Waals surface area contributed by atoms with Crippen molar-refractivity contribution in [3.8, 4) is 16.9 Å². The van der Waals surface area contributed by atoms with Crippen LogP contribution in [0.1, 0.15) is 77.1 Å². The van der Waals surface area contributed by atoms with Gasteiger partial charge in [-0.3, -0.25) is 4.90 Å². The predicted octanol–water partition coefficient (Wildman–Crippen LogP) is 8.51. The van der Waals surface area contributed by atoms with E-state index in [0.717, 1.165) is 58.1 Å². The van der Waals surface area contributed by atoms with Crippen molar-refractivity contribution in [1.82, 2.24) is 19.7 Å². The summed E-state index contributed by atoms with van der Waals surface area (Å²) in [5, 5.41) is 6.24. The fourth-order valence-corrected chi connectivity index (χ4v) is 6.71. The SMILES string of the molecule is CCc1cccc(CC)c1-n1nc2c(c1-c1ccc(C(=O)OC)c3[nH]ccc13)CN(Cc1ccc(C(F)(F)F)cc1C)C2(C)C. The highest BCUT2D eigenvalue weighted by atomic mass is 19.4. The van der Waals surface area contributed by atoms with Crippen LogP contribution in [-0.4, -0.2) is 32.7 Å². The number of ether oxygens (including phenoxy) is 1. The van der Waals surface area contributed by atoms with Gasteiger partial charge in [0.25, 0.3) is 0 Å². The molecule has 2 aromatic heterocycles. The van der Waals surface area contributed by atoms with Gasteiger partial charge in [-0.2, -0.15) is 18.3 Å². The molecule has 1 aliphatic heterocycles. The molecule has 1 aliphatic rings. The molecule has 0 radical (unpaired) electrons. The number of carbonyl (C=O) groups excluding carboxylic acids is 1. The summed E-state index contributed by atoms with van der Waals surface area (Å²) in [7, 11) is 1.37. The first-order valence-electron chi connectivity index (χ1n) is 15.2. The van der Waals surface area contributed by atoms with Gasteiger partial charge in [0.2, 0.25) is 0 Å². The van der Waals surface area contributed by atoms with Gasteiger partial charge in [-0.1, -0.05) is 44.2 Å². The van der Waals surface area contributed by atoms with E-state index in [2.05, 4.69) is 60.5 Å². The molecule has 0 saturated heterocycles. The second-order valence-corrected chi connectivity index (χ2v) is 12.2. The van der Waals surface area contributed by atoms with Crippen molar-refractivity contribution in [2.45, 2.75) is 72.3 Å². The molecule has 0 saturated carbocycles. The van der Waals surface area contributed by atoms with E-state index in [1.807, 2.05) is 18.3 Å². The van der Waals surface area contributed by atoms with E-state index in [9.17, 15) is 18.0 Å². The zero-order valence-electron chi connectivity index (χ0n) is 26.4. The highest BCUT2D eigenvalue weighted by Crippen LogP contribution is 2.46. The summed E-state index contributed by atoms with van der Waals surface area (Å²) in [6.07, 6.45) is -0.903. The summed E-state index contributed by atoms with van der Waals surface area (Å²) < 4.78 is 47.3. The number of benzene rings is 3. The first-order valence-corrected chi connectivity index (χ1v) is 15.2. The van der Waals surface area contributed by atoms with Crippen LogP contribution in [0.5, 0.6) is 0 Å².